The lowest BCUT2D eigenvalue weighted by atomic mass is 10.2. The number of imide groups is 1. The Labute approximate surface area is 138 Å². The number of urea groups is 1. The number of thiol groups is 1. The average molecular weight is 334 g/mol. The zero-order chi connectivity index (χ0) is 16.8. The summed E-state index contributed by atoms with van der Waals surface area (Å²) < 4.78 is 10.6. The lowest BCUT2D eigenvalue weighted by molar-refractivity contribution is 0.0901. The van der Waals surface area contributed by atoms with Crippen molar-refractivity contribution >= 4 is 30.4 Å². The van der Waals surface area contributed by atoms with Crippen molar-refractivity contribution in [1.29, 1.82) is 0 Å². The molecule has 0 saturated carbocycles. The molecule has 0 saturated heterocycles. The predicted molar refractivity (Wildman–Crippen MR) is 85.8 cm³/mol. The molecule has 0 spiro atoms. The van der Waals surface area contributed by atoms with E-state index in [1.54, 1.807) is 30.3 Å². The van der Waals surface area contributed by atoms with E-state index >= 15 is 0 Å². The van der Waals surface area contributed by atoms with Gasteiger partial charge in [-0.25, -0.2) is 14.1 Å². The highest BCUT2D eigenvalue weighted by molar-refractivity contribution is 7.79. The number of hydrogen-bond acceptors (Lipinski definition) is 7. The van der Waals surface area contributed by atoms with Gasteiger partial charge in [-0.1, -0.05) is 31.0 Å². The Hall–Kier alpha value is -2.81. The van der Waals surface area contributed by atoms with Crippen LogP contribution in [0.3, 0.4) is 0 Å². The lowest BCUT2D eigenvalue weighted by Gasteiger charge is -2.15. The number of rotatable bonds is 4. The number of aromatic nitrogens is 2. The summed E-state index contributed by atoms with van der Waals surface area (Å²) in [6.45, 7) is 0. The molecule has 0 aliphatic rings. The number of amides is 3. The first-order valence-electron chi connectivity index (χ1n) is 6.41. The van der Waals surface area contributed by atoms with Crippen LogP contribution in [0.2, 0.25) is 0 Å². The van der Waals surface area contributed by atoms with Crippen molar-refractivity contribution in [3.8, 4) is 11.9 Å². The maximum absolute atomic E-state index is 12.1. The van der Waals surface area contributed by atoms with Gasteiger partial charge in [0.1, 0.15) is 5.69 Å². The predicted octanol–water partition coefficient (Wildman–Crippen LogP) is 2.01. The molecule has 1 aromatic carbocycles. The van der Waals surface area contributed by atoms with Crippen molar-refractivity contribution in [1.82, 2.24) is 14.3 Å². The van der Waals surface area contributed by atoms with E-state index in [0.717, 1.165) is 0 Å². The molecule has 0 unspecified atom stereocenters. The van der Waals surface area contributed by atoms with E-state index in [-0.39, 0.29) is 17.6 Å². The number of hydrogen-bond donors (Lipinski definition) is 2. The molecule has 0 bridgehead atoms. The number of benzene rings is 1. The molecule has 0 fully saturated rings. The first-order chi connectivity index (χ1) is 11.1. The van der Waals surface area contributed by atoms with Crippen LogP contribution >= 0.6 is 12.8 Å². The zero-order valence-corrected chi connectivity index (χ0v) is 13.3. The van der Waals surface area contributed by atoms with Crippen molar-refractivity contribution in [2.45, 2.75) is 0 Å². The van der Waals surface area contributed by atoms with Crippen LogP contribution in [-0.4, -0.2) is 40.4 Å². The van der Waals surface area contributed by atoms with Crippen molar-refractivity contribution < 1.29 is 19.1 Å². The number of nitrogens with one attached hydrogen (secondary N) is 1. The molecule has 0 aliphatic heterocycles. The molecule has 23 heavy (non-hydrogen) atoms. The summed E-state index contributed by atoms with van der Waals surface area (Å²) in [5.41, 5.74) is 0.508. The summed E-state index contributed by atoms with van der Waals surface area (Å²) in [4.78, 5) is 32.1. The average Bonchev–Trinajstić information content (AvgIpc) is 2.61. The van der Waals surface area contributed by atoms with E-state index in [9.17, 15) is 9.59 Å². The number of carbonyl (C=O) groups excluding carboxylic acids is 2. The van der Waals surface area contributed by atoms with Crippen LogP contribution in [0.25, 0.3) is 0 Å². The third kappa shape index (κ3) is 3.89. The number of carbonyl (C=O) groups is 2. The smallest absolute Gasteiger partial charge is 0.339 e. The van der Waals surface area contributed by atoms with Crippen LogP contribution in [0.1, 0.15) is 10.4 Å². The standard InChI is InChI=1S/C14H14N4O4S/c1-21-11-10(8-15-13(17-11)22-2)16-14(20)18(23)12(19)9-6-4-3-5-7-9/h3-8,23H,1-2H3,(H,16,20). The van der Waals surface area contributed by atoms with E-state index in [1.807, 2.05) is 0 Å². The molecule has 1 N–H and O–H groups in total. The second-order valence-electron chi connectivity index (χ2n) is 4.19. The summed E-state index contributed by atoms with van der Waals surface area (Å²) >= 11 is 3.93. The van der Waals surface area contributed by atoms with E-state index in [2.05, 4.69) is 28.1 Å². The molecule has 0 radical (unpaired) electrons. The largest absolute Gasteiger partial charge is 0.479 e. The highest BCUT2D eigenvalue weighted by Crippen LogP contribution is 2.23. The Bertz CT molecular complexity index is 711. The van der Waals surface area contributed by atoms with Crippen molar-refractivity contribution in [3.63, 3.8) is 0 Å². The Morgan fingerprint density at radius 1 is 1.17 bits per heavy atom. The molecule has 0 atom stereocenters. The van der Waals surface area contributed by atoms with Gasteiger partial charge in [0.15, 0.2) is 0 Å². The zero-order valence-electron chi connectivity index (χ0n) is 12.4. The Morgan fingerprint density at radius 3 is 2.48 bits per heavy atom. The molecule has 120 valence electrons. The molecular formula is C14H14N4O4S. The second kappa shape index (κ2) is 7.45. The summed E-state index contributed by atoms with van der Waals surface area (Å²) in [6, 6.07) is 7.61. The van der Waals surface area contributed by atoms with Crippen LogP contribution in [0.4, 0.5) is 10.5 Å². The van der Waals surface area contributed by atoms with Gasteiger partial charge in [-0.15, -0.1) is 0 Å². The van der Waals surface area contributed by atoms with E-state index < -0.39 is 11.9 Å². The lowest BCUT2D eigenvalue weighted by Crippen LogP contribution is -2.32. The van der Waals surface area contributed by atoms with Gasteiger partial charge in [0.2, 0.25) is 5.88 Å². The van der Waals surface area contributed by atoms with Gasteiger partial charge < -0.3 is 14.8 Å². The normalized spacial score (nSPS) is 9.87. The van der Waals surface area contributed by atoms with Crippen LogP contribution in [0.5, 0.6) is 11.9 Å². The number of methoxy groups -OCH3 is 2. The Balaban J connectivity index is 2.14. The molecule has 1 heterocycles. The van der Waals surface area contributed by atoms with E-state index in [4.69, 9.17) is 9.47 Å². The second-order valence-corrected chi connectivity index (χ2v) is 4.59. The van der Waals surface area contributed by atoms with E-state index in [1.165, 1.54) is 20.4 Å². The van der Waals surface area contributed by atoms with Crippen molar-refractivity contribution in [3.05, 3.63) is 42.1 Å². The maximum atomic E-state index is 12.1. The summed E-state index contributed by atoms with van der Waals surface area (Å²) in [5.74, 6) is -0.473. The highest BCUT2D eigenvalue weighted by Gasteiger charge is 2.21. The van der Waals surface area contributed by atoms with Crippen molar-refractivity contribution in [2.24, 2.45) is 0 Å². The third-order valence-electron chi connectivity index (χ3n) is 2.75. The summed E-state index contributed by atoms with van der Waals surface area (Å²) in [6.07, 6.45) is 1.30. The number of ether oxygens (including phenoxy) is 2. The molecule has 9 heteroatoms. The molecule has 8 nitrogen and oxygen atoms in total. The molecule has 3 amide bonds. The molecule has 1 aromatic heterocycles. The van der Waals surface area contributed by atoms with Gasteiger partial charge in [0.25, 0.3) is 5.91 Å². The fourth-order valence-corrected chi connectivity index (χ4v) is 1.82. The first-order valence-corrected chi connectivity index (χ1v) is 6.81. The maximum Gasteiger partial charge on any atom is 0.339 e. The monoisotopic (exact) mass is 334 g/mol. The topological polar surface area (TPSA) is 93.7 Å². The molecular weight excluding hydrogens is 320 g/mol. The van der Waals surface area contributed by atoms with Gasteiger partial charge in [-0.2, -0.15) is 4.98 Å². The van der Waals surface area contributed by atoms with Crippen LogP contribution in [0, 0.1) is 0 Å². The molecule has 0 aliphatic carbocycles. The minimum Gasteiger partial charge on any atom is -0.479 e. The van der Waals surface area contributed by atoms with Gasteiger partial charge >= 0.3 is 12.0 Å². The van der Waals surface area contributed by atoms with Crippen molar-refractivity contribution in [2.75, 3.05) is 19.5 Å². The SMILES string of the molecule is COc1ncc(NC(=O)N(S)C(=O)c2ccccc2)c(OC)n1. The van der Waals surface area contributed by atoms with Crippen LogP contribution in [-0.2, 0) is 0 Å². The van der Waals surface area contributed by atoms with Gasteiger partial charge in [0.05, 0.1) is 20.4 Å². The molecule has 2 aromatic rings. The third-order valence-corrected chi connectivity index (χ3v) is 3.12. The van der Waals surface area contributed by atoms with Gasteiger partial charge in [-0.05, 0) is 12.1 Å². The highest BCUT2D eigenvalue weighted by atomic mass is 32.1. The number of nitrogens with zero attached hydrogens (tertiary/aromatic N) is 3. The minimum atomic E-state index is -0.769. The van der Waals surface area contributed by atoms with Crippen LogP contribution in [0.15, 0.2) is 36.5 Å². The first kappa shape index (κ1) is 16.6. The Morgan fingerprint density at radius 2 is 1.87 bits per heavy atom. The molecule has 2 rings (SSSR count). The fourth-order valence-electron chi connectivity index (χ4n) is 1.65. The fraction of sp³-hybridized carbons (Fsp3) is 0.143. The van der Waals surface area contributed by atoms with Crippen LogP contribution < -0.4 is 14.8 Å². The minimum absolute atomic E-state index is 0.0861. The van der Waals surface area contributed by atoms with Gasteiger partial charge in [-0.3, -0.25) is 4.79 Å². The van der Waals surface area contributed by atoms with E-state index in [0.29, 0.717) is 9.87 Å². The van der Waals surface area contributed by atoms with Gasteiger partial charge in [0, 0.05) is 5.56 Å². The summed E-state index contributed by atoms with van der Waals surface area (Å²) in [7, 11) is 2.78. The Kier molecular flexibility index (Phi) is 5.36. The summed E-state index contributed by atoms with van der Waals surface area (Å²) in [5, 5.41) is 2.45. The quantitative estimate of drug-likeness (QED) is 0.831. The number of anilines is 1.